The molecule has 0 bridgehead atoms. The average molecular weight is 252 g/mol. The monoisotopic (exact) mass is 252 g/mol. The first-order valence-electron chi connectivity index (χ1n) is 7.01. The fourth-order valence-electron chi connectivity index (χ4n) is 2.58. The van der Waals surface area contributed by atoms with Crippen molar-refractivity contribution in [3.63, 3.8) is 0 Å². The van der Waals surface area contributed by atoms with Crippen LogP contribution in [0.15, 0.2) is 12.2 Å². The lowest BCUT2D eigenvalue weighted by molar-refractivity contribution is -0.127. The van der Waals surface area contributed by atoms with E-state index >= 15 is 0 Å². The summed E-state index contributed by atoms with van der Waals surface area (Å²) < 4.78 is 5.29. The second-order valence-electron chi connectivity index (χ2n) is 5.35. The van der Waals surface area contributed by atoms with Gasteiger partial charge >= 0.3 is 0 Å². The van der Waals surface area contributed by atoms with Crippen molar-refractivity contribution in [3.05, 3.63) is 12.2 Å². The molecule has 102 valence electrons. The molecule has 0 aromatic carbocycles. The Morgan fingerprint density at radius 3 is 2.83 bits per heavy atom. The Morgan fingerprint density at radius 2 is 2.11 bits per heavy atom. The zero-order valence-corrected chi connectivity index (χ0v) is 11.3. The molecule has 2 saturated heterocycles. The minimum atomic E-state index is 0.176. The summed E-state index contributed by atoms with van der Waals surface area (Å²) in [6.45, 7) is 8.48. The Bertz CT molecular complexity index is 298. The molecule has 0 radical (unpaired) electrons. The first kappa shape index (κ1) is 13.6. The van der Waals surface area contributed by atoms with Crippen molar-refractivity contribution in [2.24, 2.45) is 5.92 Å². The number of likely N-dealkylation sites (tertiary alicyclic amines) is 1. The molecule has 2 rings (SSSR count). The number of carbonyl (C=O) groups excluding carboxylic acids is 1. The second kappa shape index (κ2) is 6.90. The molecule has 0 saturated carbocycles. The van der Waals surface area contributed by atoms with Gasteiger partial charge in [-0.25, -0.2) is 0 Å². The van der Waals surface area contributed by atoms with Gasteiger partial charge in [-0.2, -0.15) is 0 Å². The Labute approximate surface area is 110 Å². The van der Waals surface area contributed by atoms with E-state index in [9.17, 15) is 4.79 Å². The average Bonchev–Trinajstić information content (AvgIpc) is 2.40. The molecule has 1 unspecified atom stereocenters. The quantitative estimate of drug-likeness (QED) is 0.706. The predicted octanol–water partition coefficient (Wildman–Crippen LogP) is 1.13. The summed E-state index contributed by atoms with van der Waals surface area (Å²) in [4.78, 5) is 16.3. The highest BCUT2D eigenvalue weighted by molar-refractivity contribution is 5.87. The third-order valence-corrected chi connectivity index (χ3v) is 3.70. The summed E-state index contributed by atoms with van der Waals surface area (Å²) in [6.07, 6.45) is 6.13. The zero-order valence-electron chi connectivity index (χ0n) is 11.3. The van der Waals surface area contributed by atoms with Gasteiger partial charge in [0.2, 0.25) is 5.91 Å². The van der Waals surface area contributed by atoms with Gasteiger partial charge in [0.1, 0.15) is 0 Å². The molecule has 4 nitrogen and oxygen atoms in total. The van der Waals surface area contributed by atoms with Crippen LogP contribution in [-0.2, 0) is 9.53 Å². The van der Waals surface area contributed by atoms with Crippen LogP contribution in [0.3, 0.4) is 0 Å². The van der Waals surface area contributed by atoms with Gasteiger partial charge in [0.05, 0.1) is 13.2 Å². The topological polar surface area (TPSA) is 32.8 Å². The molecule has 2 heterocycles. The molecule has 0 spiro atoms. The lowest BCUT2D eigenvalue weighted by Crippen LogP contribution is -2.38. The number of morpholine rings is 1. The van der Waals surface area contributed by atoms with E-state index in [1.54, 1.807) is 6.08 Å². The molecule has 1 atom stereocenters. The summed E-state index contributed by atoms with van der Waals surface area (Å²) in [5.74, 6) is 0.824. The van der Waals surface area contributed by atoms with E-state index in [4.69, 9.17) is 4.74 Å². The van der Waals surface area contributed by atoms with Crippen LogP contribution < -0.4 is 0 Å². The third-order valence-electron chi connectivity index (χ3n) is 3.70. The highest BCUT2D eigenvalue weighted by Gasteiger charge is 2.19. The number of hydrogen-bond donors (Lipinski definition) is 0. The fourth-order valence-corrected chi connectivity index (χ4v) is 2.58. The summed E-state index contributed by atoms with van der Waals surface area (Å²) >= 11 is 0. The Hall–Kier alpha value is -0.870. The smallest absolute Gasteiger partial charge is 0.246 e. The lowest BCUT2D eigenvalue weighted by atomic mass is 10.0. The van der Waals surface area contributed by atoms with Crippen LogP contribution in [0.25, 0.3) is 0 Å². The maximum atomic E-state index is 12.0. The van der Waals surface area contributed by atoms with Gasteiger partial charge in [-0.1, -0.05) is 13.0 Å². The van der Waals surface area contributed by atoms with Gasteiger partial charge in [0.25, 0.3) is 0 Å². The molecule has 2 aliphatic heterocycles. The summed E-state index contributed by atoms with van der Waals surface area (Å²) in [5, 5.41) is 0. The van der Waals surface area contributed by atoms with Crippen molar-refractivity contribution in [3.8, 4) is 0 Å². The van der Waals surface area contributed by atoms with Crippen molar-refractivity contribution < 1.29 is 9.53 Å². The summed E-state index contributed by atoms with van der Waals surface area (Å²) in [6, 6.07) is 0. The normalized spacial score (nSPS) is 26.7. The van der Waals surface area contributed by atoms with E-state index in [-0.39, 0.29) is 5.91 Å². The van der Waals surface area contributed by atoms with E-state index in [1.165, 1.54) is 6.42 Å². The minimum Gasteiger partial charge on any atom is -0.379 e. The number of rotatable bonds is 3. The van der Waals surface area contributed by atoms with E-state index in [0.29, 0.717) is 5.92 Å². The van der Waals surface area contributed by atoms with E-state index in [0.717, 1.165) is 52.4 Å². The Morgan fingerprint density at radius 1 is 1.33 bits per heavy atom. The number of amides is 1. The molecule has 1 amide bonds. The van der Waals surface area contributed by atoms with Crippen molar-refractivity contribution in [2.75, 3.05) is 45.9 Å². The molecule has 18 heavy (non-hydrogen) atoms. The molecule has 2 aliphatic rings. The van der Waals surface area contributed by atoms with Crippen molar-refractivity contribution >= 4 is 5.91 Å². The summed E-state index contributed by atoms with van der Waals surface area (Å²) in [7, 11) is 0. The predicted molar refractivity (Wildman–Crippen MR) is 71.4 cm³/mol. The van der Waals surface area contributed by atoms with Crippen LogP contribution in [0.5, 0.6) is 0 Å². The van der Waals surface area contributed by atoms with Crippen molar-refractivity contribution in [1.29, 1.82) is 0 Å². The van der Waals surface area contributed by atoms with Crippen LogP contribution in [0.2, 0.25) is 0 Å². The number of carbonyl (C=O) groups is 1. The SMILES string of the molecule is CC1CCCN(C(=O)C=CCN2CCOCC2)C1. The van der Waals surface area contributed by atoms with Gasteiger partial charge in [-0.15, -0.1) is 0 Å². The Kier molecular flexibility index (Phi) is 5.20. The van der Waals surface area contributed by atoms with E-state index in [1.807, 2.05) is 11.0 Å². The van der Waals surface area contributed by atoms with Gasteiger partial charge in [-0.3, -0.25) is 9.69 Å². The molecule has 0 aliphatic carbocycles. The minimum absolute atomic E-state index is 0.176. The number of piperidine rings is 1. The van der Waals surface area contributed by atoms with Crippen LogP contribution in [0.1, 0.15) is 19.8 Å². The lowest BCUT2D eigenvalue weighted by Gasteiger charge is -2.30. The first-order valence-corrected chi connectivity index (χ1v) is 7.01. The molecular weight excluding hydrogens is 228 g/mol. The van der Waals surface area contributed by atoms with Crippen LogP contribution in [0.4, 0.5) is 0 Å². The highest BCUT2D eigenvalue weighted by Crippen LogP contribution is 2.15. The zero-order chi connectivity index (χ0) is 12.8. The molecule has 0 aromatic rings. The largest absolute Gasteiger partial charge is 0.379 e. The molecular formula is C14H24N2O2. The number of hydrogen-bond acceptors (Lipinski definition) is 3. The number of ether oxygens (including phenoxy) is 1. The highest BCUT2D eigenvalue weighted by atomic mass is 16.5. The first-order chi connectivity index (χ1) is 8.75. The maximum Gasteiger partial charge on any atom is 0.246 e. The van der Waals surface area contributed by atoms with Gasteiger partial charge in [0, 0.05) is 38.8 Å². The van der Waals surface area contributed by atoms with Gasteiger partial charge < -0.3 is 9.64 Å². The third kappa shape index (κ3) is 4.10. The van der Waals surface area contributed by atoms with Crippen LogP contribution in [0, 0.1) is 5.92 Å². The van der Waals surface area contributed by atoms with Crippen molar-refractivity contribution in [1.82, 2.24) is 9.80 Å². The second-order valence-corrected chi connectivity index (χ2v) is 5.35. The summed E-state index contributed by atoms with van der Waals surface area (Å²) in [5.41, 5.74) is 0. The number of nitrogens with zero attached hydrogens (tertiary/aromatic N) is 2. The fraction of sp³-hybridized carbons (Fsp3) is 0.786. The van der Waals surface area contributed by atoms with E-state index < -0.39 is 0 Å². The standard InChI is InChI=1S/C14H24N2O2/c1-13-4-2-7-16(12-13)14(17)5-3-6-15-8-10-18-11-9-15/h3,5,13H,2,4,6-12H2,1H3. The van der Waals surface area contributed by atoms with Crippen LogP contribution in [-0.4, -0.2) is 61.6 Å². The van der Waals surface area contributed by atoms with Crippen LogP contribution >= 0.6 is 0 Å². The Balaban J connectivity index is 1.72. The molecule has 2 fully saturated rings. The maximum absolute atomic E-state index is 12.0. The van der Waals surface area contributed by atoms with Gasteiger partial charge in [-0.05, 0) is 18.8 Å². The van der Waals surface area contributed by atoms with E-state index in [2.05, 4.69) is 11.8 Å². The molecule has 4 heteroatoms. The van der Waals surface area contributed by atoms with Crippen molar-refractivity contribution in [2.45, 2.75) is 19.8 Å². The van der Waals surface area contributed by atoms with Gasteiger partial charge in [0.15, 0.2) is 0 Å². The molecule has 0 N–H and O–H groups in total. The molecule has 0 aromatic heterocycles.